The van der Waals surface area contributed by atoms with E-state index in [1.54, 1.807) is 0 Å². The van der Waals surface area contributed by atoms with Crippen LogP contribution in [0.2, 0.25) is 0 Å². The Morgan fingerprint density at radius 2 is 0.781 bits per heavy atom. The average Bonchev–Trinajstić information content (AvgIpc) is 2.78. The minimum absolute atomic E-state index is 0.463. The first-order chi connectivity index (χ1) is 15.7. The van der Waals surface area contributed by atoms with Crippen LogP contribution in [0.25, 0.3) is 0 Å². The van der Waals surface area contributed by atoms with Crippen LogP contribution in [-0.2, 0) is 4.65 Å². The smallest absolute Gasteiger partial charge is 0.402 e. The maximum absolute atomic E-state index is 8.86. The van der Waals surface area contributed by atoms with E-state index < -0.39 is 7.32 Å². The maximum atomic E-state index is 8.86. The van der Waals surface area contributed by atoms with E-state index in [2.05, 4.69) is 13.8 Å². The highest BCUT2D eigenvalue weighted by molar-refractivity contribution is 6.32. The molecule has 0 aromatic carbocycles. The SMILES string of the molecule is CCCCCCCCCCCCC(CCCCCCCCCCCC)CCCOB(O)O. The van der Waals surface area contributed by atoms with E-state index >= 15 is 0 Å². The molecule has 0 radical (unpaired) electrons. The lowest BCUT2D eigenvalue weighted by Gasteiger charge is -2.17. The van der Waals surface area contributed by atoms with E-state index in [0.29, 0.717) is 6.61 Å². The van der Waals surface area contributed by atoms with E-state index in [0.717, 1.165) is 12.3 Å². The van der Waals surface area contributed by atoms with Crippen LogP contribution in [0.1, 0.15) is 168 Å². The van der Waals surface area contributed by atoms with Crippen LogP contribution in [0.15, 0.2) is 0 Å². The minimum Gasteiger partial charge on any atom is -0.402 e. The Labute approximate surface area is 202 Å². The van der Waals surface area contributed by atoms with Gasteiger partial charge in [-0.05, 0) is 18.8 Å². The first-order valence-electron chi connectivity index (χ1n) is 14.7. The third kappa shape index (κ3) is 26.2. The first-order valence-corrected chi connectivity index (χ1v) is 14.7. The molecule has 3 nitrogen and oxygen atoms in total. The summed E-state index contributed by atoms with van der Waals surface area (Å²) in [4.78, 5) is 0. The quantitative estimate of drug-likeness (QED) is 0.0961. The van der Waals surface area contributed by atoms with Crippen molar-refractivity contribution in [2.45, 2.75) is 168 Å². The van der Waals surface area contributed by atoms with Gasteiger partial charge in [0.25, 0.3) is 0 Å². The lowest BCUT2D eigenvalue weighted by Crippen LogP contribution is -2.17. The van der Waals surface area contributed by atoms with Crippen molar-refractivity contribution in [3.63, 3.8) is 0 Å². The van der Waals surface area contributed by atoms with Gasteiger partial charge in [-0.2, -0.15) is 0 Å². The predicted octanol–water partition coefficient (Wildman–Crippen LogP) is 8.99. The van der Waals surface area contributed by atoms with Gasteiger partial charge >= 0.3 is 7.32 Å². The molecule has 0 amide bonds. The Bertz CT molecular complexity index is 315. The molecule has 4 heteroatoms. The highest BCUT2D eigenvalue weighted by atomic mass is 16.6. The molecule has 0 aromatic rings. The van der Waals surface area contributed by atoms with E-state index in [1.165, 1.54) is 148 Å². The lowest BCUT2D eigenvalue weighted by atomic mass is 9.90. The average molecular weight is 455 g/mol. The Morgan fingerprint density at radius 3 is 1.12 bits per heavy atom. The molecule has 2 N–H and O–H groups in total. The van der Waals surface area contributed by atoms with Crippen molar-refractivity contribution in [2.24, 2.45) is 5.92 Å². The zero-order chi connectivity index (χ0) is 23.5. The molecule has 0 saturated carbocycles. The fourth-order valence-electron chi connectivity index (χ4n) is 4.83. The van der Waals surface area contributed by atoms with Gasteiger partial charge in [-0.3, -0.25) is 0 Å². The number of rotatable bonds is 27. The molecule has 0 aliphatic carbocycles. The molecular formula is C28H59BO3. The molecule has 0 saturated heterocycles. The Hall–Kier alpha value is -0.0551. The van der Waals surface area contributed by atoms with E-state index in [9.17, 15) is 0 Å². The molecule has 0 aliphatic rings. The van der Waals surface area contributed by atoms with Gasteiger partial charge in [-0.15, -0.1) is 0 Å². The Balaban J connectivity index is 3.76. The molecule has 0 aliphatic heterocycles. The molecule has 0 atom stereocenters. The fourth-order valence-corrected chi connectivity index (χ4v) is 4.83. The molecule has 0 rings (SSSR count). The van der Waals surface area contributed by atoms with Crippen LogP contribution in [-0.4, -0.2) is 24.0 Å². The Kier molecular flexibility index (Phi) is 27.1. The third-order valence-electron chi connectivity index (χ3n) is 6.96. The minimum atomic E-state index is -1.61. The molecule has 0 spiro atoms. The number of hydrogen-bond acceptors (Lipinski definition) is 3. The van der Waals surface area contributed by atoms with Crippen molar-refractivity contribution in [2.75, 3.05) is 6.61 Å². The van der Waals surface area contributed by atoms with E-state index in [1.807, 2.05) is 0 Å². The molecule has 0 fully saturated rings. The zero-order valence-corrected chi connectivity index (χ0v) is 22.1. The van der Waals surface area contributed by atoms with Crippen molar-refractivity contribution in [1.82, 2.24) is 0 Å². The summed E-state index contributed by atoms with van der Waals surface area (Å²) in [5.41, 5.74) is 0. The number of hydrogen-bond donors (Lipinski definition) is 2. The lowest BCUT2D eigenvalue weighted by molar-refractivity contribution is 0.177. The van der Waals surface area contributed by atoms with Crippen LogP contribution in [0.4, 0.5) is 0 Å². The summed E-state index contributed by atoms with van der Waals surface area (Å²) < 4.78 is 4.91. The summed E-state index contributed by atoms with van der Waals surface area (Å²) in [6.45, 7) is 5.03. The van der Waals surface area contributed by atoms with Crippen molar-refractivity contribution in [3.8, 4) is 0 Å². The second kappa shape index (κ2) is 27.2. The summed E-state index contributed by atoms with van der Waals surface area (Å²) in [7, 11) is -1.61. The second-order valence-corrected chi connectivity index (χ2v) is 10.1. The second-order valence-electron chi connectivity index (χ2n) is 10.1. The van der Waals surface area contributed by atoms with Crippen LogP contribution < -0.4 is 0 Å². The molecule has 192 valence electrons. The van der Waals surface area contributed by atoms with Crippen LogP contribution >= 0.6 is 0 Å². The summed E-state index contributed by atoms with van der Waals surface area (Å²) in [6, 6.07) is 0. The Morgan fingerprint density at radius 1 is 0.469 bits per heavy atom. The molecule has 0 unspecified atom stereocenters. The molecular weight excluding hydrogens is 395 g/mol. The molecule has 32 heavy (non-hydrogen) atoms. The maximum Gasteiger partial charge on any atom is 0.633 e. The van der Waals surface area contributed by atoms with Gasteiger partial charge in [0.2, 0.25) is 0 Å². The van der Waals surface area contributed by atoms with Gasteiger partial charge in [0, 0.05) is 6.61 Å². The van der Waals surface area contributed by atoms with Crippen molar-refractivity contribution in [3.05, 3.63) is 0 Å². The zero-order valence-electron chi connectivity index (χ0n) is 22.1. The standard InChI is InChI=1S/C28H59BO3/c1-3-5-7-9-11-13-15-17-19-21-24-28(26-23-27-32-29(30)31)25-22-20-18-16-14-12-10-8-6-4-2/h28,30-31H,3-27H2,1-2H3. The van der Waals surface area contributed by atoms with Crippen molar-refractivity contribution in [1.29, 1.82) is 0 Å². The summed E-state index contributed by atoms with van der Waals surface area (Å²) in [5.74, 6) is 0.789. The van der Waals surface area contributed by atoms with Crippen molar-refractivity contribution < 1.29 is 14.7 Å². The monoisotopic (exact) mass is 454 g/mol. The van der Waals surface area contributed by atoms with Gasteiger partial charge < -0.3 is 14.7 Å². The van der Waals surface area contributed by atoms with Gasteiger partial charge in [-0.25, -0.2) is 0 Å². The summed E-state index contributed by atoms with van der Waals surface area (Å²) >= 11 is 0. The topological polar surface area (TPSA) is 49.7 Å². The highest BCUT2D eigenvalue weighted by Gasteiger charge is 2.11. The predicted molar refractivity (Wildman–Crippen MR) is 142 cm³/mol. The van der Waals surface area contributed by atoms with E-state index in [4.69, 9.17) is 14.7 Å². The first kappa shape index (κ1) is 31.9. The molecule has 0 heterocycles. The fraction of sp³-hybridized carbons (Fsp3) is 1.00. The summed E-state index contributed by atoms with van der Waals surface area (Å²) in [5, 5.41) is 17.7. The summed E-state index contributed by atoms with van der Waals surface area (Å²) in [6.07, 6.45) is 32.8. The third-order valence-corrected chi connectivity index (χ3v) is 6.96. The molecule has 0 aromatic heterocycles. The van der Waals surface area contributed by atoms with Gasteiger partial charge in [0.1, 0.15) is 0 Å². The number of unbranched alkanes of at least 4 members (excludes halogenated alkanes) is 18. The van der Waals surface area contributed by atoms with E-state index in [-0.39, 0.29) is 0 Å². The largest absolute Gasteiger partial charge is 0.633 e. The normalized spacial score (nSPS) is 11.5. The van der Waals surface area contributed by atoms with Gasteiger partial charge in [0.15, 0.2) is 0 Å². The highest BCUT2D eigenvalue weighted by Crippen LogP contribution is 2.23. The van der Waals surface area contributed by atoms with Gasteiger partial charge in [-0.1, -0.05) is 155 Å². The molecule has 0 bridgehead atoms. The van der Waals surface area contributed by atoms with Crippen LogP contribution in [0.5, 0.6) is 0 Å². The van der Waals surface area contributed by atoms with Gasteiger partial charge in [0.05, 0.1) is 0 Å². The van der Waals surface area contributed by atoms with Crippen molar-refractivity contribution >= 4 is 7.32 Å². The van der Waals surface area contributed by atoms with Crippen LogP contribution in [0.3, 0.4) is 0 Å². The van der Waals surface area contributed by atoms with Crippen LogP contribution in [0, 0.1) is 5.92 Å².